The highest BCUT2D eigenvalue weighted by molar-refractivity contribution is 7.97. The fraction of sp³-hybridized carbons (Fsp3) is 0.393. The number of anilines is 2. The van der Waals surface area contributed by atoms with Crippen molar-refractivity contribution in [3.63, 3.8) is 0 Å². The number of alkyl halides is 3. The molecule has 0 aliphatic heterocycles. The van der Waals surface area contributed by atoms with Crippen LogP contribution in [0.3, 0.4) is 0 Å². The van der Waals surface area contributed by atoms with Crippen molar-refractivity contribution in [1.82, 2.24) is 19.5 Å². The van der Waals surface area contributed by atoms with Crippen molar-refractivity contribution in [2.75, 3.05) is 10.6 Å². The molecule has 1 fully saturated rings. The summed E-state index contributed by atoms with van der Waals surface area (Å²) in [6.07, 6.45) is 8.10. The van der Waals surface area contributed by atoms with Crippen molar-refractivity contribution in [3.8, 4) is 11.1 Å². The van der Waals surface area contributed by atoms with E-state index in [0.29, 0.717) is 18.5 Å². The smallest absolute Gasteiger partial charge is 0.364 e. The highest BCUT2D eigenvalue weighted by Crippen LogP contribution is 2.27. The molecule has 4 aromatic rings. The molecular formula is C28H34F3N7S. The zero-order valence-corrected chi connectivity index (χ0v) is 22.9. The predicted molar refractivity (Wildman–Crippen MR) is 153 cm³/mol. The Morgan fingerprint density at radius 2 is 1.62 bits per heavy atom. The van der Waals surface area contributed by atoms with E-state index in [4.69, 9.17) is 9.97 Å². The minimum absolute atomic E-state index is 0.283. The molecule has 2 aromatic heterocycles. The van der Waals surface area contributed by atoms with Gasteiger partial charge in [-0.15, -0.1) is 0 Å². The van der Waals surface area contributed by atoms with Gasteiger partial charge < -0.3 is 15.2 Å². The molecule has 0 radical (unpaired) electrons. The average Bonchev–Trinajstić information content (AvgIpc) is 3.38. The van der Waals surface area contributed by atoms with Gasteiger partial charge in [-0.05, 0) is 43.4 Å². The van der Waals surface area contributed by atoms with Gasteiger partial charge in [0.15, 0.2) is 17.0 Å². The molecule has 1 aliphatic carbocycles. The maximum Gasteiger partial charge on any atom is 0.455 e. The van der Waals surface area contributed by atoms with Crippen LogP contribution in [0.1, 0.15) is 57.6 Å². The quantitative estimate of drug-likeness (QED) is 0.202. The number of halogens is 3. The summed E-state index contributed by atoms with van der Waals surface area (Å²) in [5.41, 5.74) is 1.08. The molecule has 0 atom stereocenters. The van der Waals surface area contributed by atoms with Gasteiger partial charge in [-0.2, -0.15) is 23.1 Å². The molecule has 4 N–H and O–H groups in total. The zero-order valence-electron chi connectivity index (χ0n) is 22.1. The van der Waals surface area contributed by atoms with E-state index in [2.05, 4.69) is 87.7 Å². The van der Waals surface area contributed by atoms with Crippen molar-refractivity contribution in [2.45, 2.75) is 70.1 Å². The van der Waals surface area contributed by atoms with E-state index < -0.39 is 17.5 Å². The summed E-state index contributed by atoms with van der Waals surface area (Å²) >= 11 is -0.618. The fourth-order valence-corrected chi connectivity index (χ4v) is 4.54. The van der Waals surface area contributed by atoms with Crippen LogP contribution in [0.15, 0.2) is 60.9 Å². The molecule has 0 bridgehead atoms. The maximum absolute atomic E-state index is 10.6. The Balaban J connectivity index is 0.000000531. The molecule has 1 saturated carbocycles. The Morgan fingerprint density at radius 1 is 0.974 bits per heavy atom. The third kappa shape index (κ3) is 8.09. The van der Waals surface area contributed by atoms with Gasteiger partial charge in [0.2, 0.25) is 5.95 Å². The van der Waals surface area contributed by atoms with Gasteiger partial charge in [-0.3, -0.25) is 5.14 Å². The first kappa shape index (κ1) is 28.7. The Hall–Kier alpha value is -3.31. The number of hydrogen-bond acceptors (Lipinski definition) is 7. The lowest BCUT2D eigenvalue weighted by molar-refractivity contribution is -0.0328. The third-order valence-corrected chi connectivity index (χ3v) is 6.84. The van der Waals surface area contributed by atoms with Crippen molar-refractivity contribution >= 4 is 34.9 Å². The van der Waals surface area contributed by atoms with Gasteiger partial charge in [0.05, 0.1) is 6.33 Å². The number of benzene rings is 2. The monoisotopic (exact) mass is 557 g/mol. The lowest BCUT2D eigenvalue weighted by Crippen LogP contribution is -2.24. The van der Waals surface area contributed by atoms with Crippen LogP contribution < -0.4 is 15.8 Å². The number of fused-ring (bicyclic) bond motifs is 1. The number of imidazole rings is 1. The van der Waals surface area contributed by atoms with Crippen LogP contribution in [0.2, 0.25) is 0 Å². The molecule has 5 rings (SSSR count). The van der Waals surface area contributed by atoms with Crippen LogP contribution >= 0.6 is 11.9 Å². The summed E-state index contributed by atoms with van der Waals surface area (Å²) in [5.74, 6) is 1.48. The summed E-state index contributed by atoms with van der Waals surface area (Å²) in [4.78, 5) is 14.3. The van der Waals surface area contributed by atoms with E-state index in [1.54, 1.807) is 0 Å². The molecule has 0 saturated heterocycles. The third-order valence-electron chi connectivity index (χ3n) is 6.57. The summed E-state index contributed by atoms with van der Waals surface area (Å²) in [6.45, 7) is 4.98. The first-order valence-electron chi connectivity index (χ1n) is 13.1. The second kappa shape index (κ2) is 13.2. The first-order chi connectivity index (χ1) is 18.7. The van der Waals surface area contributed by atoms with Crippen molar-refractivity contribution in [1.29, 1.82) is 0 Å². The Morgan fingerprint density at radius 3 is 2.23 bits per heavy atom. The number of hydrogen-bond donors (Lipinski definition) is 3. The van der Waals surface area contributed by atoms with Crippen molar-refractivity contribution in [3.05, 3.63) is 66.5 Å². The van der Waals surface area contributed by atoms with Crippen LogP contribution in [0.4, 0.5) is 24.9 Å². The Labute approximate surface area is 231 Å². The lowest BCUT2D eigenvalue weighted by atomic mass is 9.96. The molecule has 0 unspecified atom stereocenters. The van der Waals surface area contributed by atoms with E-state index in [9.17, 15) is 13.2 Å². The van der Waals surface area contributed by atoms with Gasteiger partial charge in [-0.25, -0.2) is 4.98 Å². The molecule has 11 heteroatoms. The molecular weight excluding hydrogens is 523 g/mol. The topological polar surface area (TPSA) is 93.7 Å². The van der Waals surface area contributed by atoms with Gasteiger partial charge in [0, 0.05) is 30.6 Å². The Bertz CT molecular complexity index is 1320. The second-order valence-electron chi connectivity index (χ2n) is 9.77. The molecule has 2 aromatic carbocycles. The molecule has 7 nitrogen and oxygen atoms in total. The normalized spacial score (nSPS) is 14.2. The van der Waals surface area contributed by atoms with Crippen LogP contribution in [-0.2, 0) is 6.54 Å². The number of rotatable bonds is 7. The zero-order chi connectivity index (χ0) is 27.8. The van der Waals surface area contributed by atoms with Gasteiger partial charge in [-0.1, -0.05) is 73.9 Å². The van der Waals surface area contributed by atoms with E-state index in [0.717, 1.165) is 17.0 Å². The number of nitrogens with two attached hydrogens (primary N) is 1. The number of nitrogens with one attached hydrogen (secondary N) is 2. The summed E-state index contributed by atoms with van der Waals surface area (Å²) in [5, 5.41) is 11.2. The second-order valence-corrected chi connectivity index (χ2v) is 10.5. The highest BCUT2D eigenvalue weighted by Gasteiger charge is 2.25. The average molecular weight is 558 g/mol. The van der Waals surface area contributed by atoms with Gasteiger partial charge in [0.25, 0.3) is 0 Å². The van der Waals surface area contributed by atoms with Gasteiger partial charge >= 0.3 is 5.51 Å². The summed E-state index contributed by atoms with van der Waals surface area (Å²) < 4.78 is 34.0. The van der Waals surface area contributed by atoms with Crippen molar-refractivity contribution < 1.29 is 13.2 Å². The van der Waals surface area contributed by atoms with E-state index in [-0.39, 0.29) is 6.04 Å². The maximum atomic E-state index is 10.6. The standard InChI is InChI=1S/C27H32N6.CH2F3NS/c1-19(2)33-18-29-24-25(31-27(32-26(24)33)30-23-11-7-4-8-12-23)28-17-20-13-15-22(16-14-20)21-9-5-3-6-10-21;2-1(3,4)6-5/h3,5-6,9-10,13-16,18-19,23H,4,7-8,11-12,17H2,1-2H3,(H2,28,30,31,32);5H2. The molecule has 39 heavy (non-hydrogen) atoms. The molecule has 2 heterocycles. The molecule has 0 spiro atoms. The SMILES string of the molecule is CC(C)n1cnc2c(NCc3ccc(-c4ccccc4)cc3)nc(NC3CCCCC3)nc21.NSC(F)(F)F. The lowest BCUT2D eigenvalue weighted by Gasteiger charge is -2.23. The highest BCUT2D eigenvalue weighted by atomic mass is 32.2. The van der Waals surface area contributed by atoms with Crippen molar-refractivity contribution in [2.24, 2.45) is 5.14 Å². The Kier molecular flexibility index (Phi) is 9.68. The first-order valence-corrected chi connectivity index (χ1v) is 14.0. The summed E-state index contributed by atoms with van der Waals surface area (Å²) in [6, 6.07) is 19.9. The van der Waals surface area contributed by atoms with Crippen LogP contribution in [0, 0.1) is 0 Å². The van der Waals surface area contributed by atoms with Crippen LogP contribution in [-0.4, -0.2) is 31.1 Å². The number of aromatic nitrogens is 4. The minimum atomic E-state index is -4.26. The van der Waals surface area contributed by atoms with Crippen LogP contribution in [0.5, 0.6) is 0 Å². The predicted octanol–water partition coefficient (Wildman–Crippen LogP) is 7.54. The molecule has 0 amide bonds. The van der Waals surface area contributed by atoms with E-state index >= 15 is 0 Å². The molecule has 208 valence electrons. The minimum Gasteiger partial charge on any atom is -0.364 e. The summed E-state index contributed by atoms with van der Waals surface area (Å²) in [7, 11) is 0. The van der Waals surface area contributed by atoms with Crippen LogP contribution in [0.25, 0.3) is 22.3 Å². The van der Waals surface area contributed by atoms with Gasteiger partial charge in [0.1, 0.15) is 0 Å². The fourth-order valence-electron chi connectivity index (χ4n) is 4.54. The number of nitrogens with zero attached hydrogens (tertiary/aromatic N) is 4. The van der Waals surface area contributed by atoms with E-state index in [1.165, 1.54) is 48.8 Å². The van der Waals surface area contributed by atoms with E-state index in [1.807, 2.05) is 12.4 Å². The molecule has 1 aliphatic rings. The largest absolute Gasteiger partial charge is 0.455 e.